The van der Waals surface area contributed by atoms with Crippen LogP contribution >= 0.6 is 15.9 Å². The summed E-state index contributed by atoms with van der Waals surface area (Å²) in [5.41, 5.74) is 1.05. The normalized spacial score (nSPS) is 12.9. The van der Waals surface area contributed by atoms with Gasteiger partial charge in [-0.3, -0.25) is 0 Å². The second kappa shape index (κ2) is 4.60. The van der Waals surface area contributed by atoms with E-state index in [1.807, 2.05) is 24.3 Å². The predicted octanol–water partition coefficient (Wildman–Crippen LogP) is 1.96. The lowest BCUT2D eigenvalue weighted by Crippen LogP contribution is -2.12. The van der Waals surface area contributed by atoms with E-state index in [0.29, 0.717) is 6.42 Å². The van der Waals surface area contributed by atoms with Crippen molar-refractivity contribution in [1.29, 1.82) is 0 Å². The molecule has 0 amide bonds. The number of ether oxygens (including phenoxy) is 1. The maximum atomic E-state index is 9.19. The second-order valence-corrected chi connectivity index (χ2v) is 3.34. The minimum Gasteiger partial charge on any atom is -0.368 e. The molecule has 0 saturated heterocycles. The van der Waals surface area contributed by atoms with Crippen molar-refractivity contribution < 1.29 is 9.84 Å². The van der Waals surface area contributed by atoms with E-state index in [-0.39, 0.29) is 0 Å². The van der Waals surface area contributed by atoms with Gasteiger partial charge in [-0.2, -0.15) is 0 Å². The number of aliphatic hydroxyl groups is 1. The van der Waals surface area contributed by atoms with Crippen molar-refractivity contribution in [2.24, 2.45) is 0 Å². The molecule has 1 aromatic rings. The lowest BCUT2D eigenvalue weighted by Gasteiger charge is -2.09. The zero-order chi connectivity index (χ0) is 8.97. The summed E-state index contributed by atoms with van der Waals surface area (Å²) in [6.07, 6.45) is -0.207. The molecule has 12 heavy (non-hydrogen) atoms. The maximum absolute atomic E-state index is 9.19. The van der Waals surface area contributed by atoms with E-state index in [1.54, 1.807) is 0 Å². The van der Waals surface area contributed by atoms with Crippen LogP contribution in [-0.4, -0.2) is 18.5 Å². The van der Waals surface area contributed by atoms with Crippen LogP contribution in [0.4, 0.5) is 0 Å². The molecule has 0 aliphatic rings. The monoisotopic (exact) mass is 230 g/mol. The first kappa shape index (κ1) is 9.71. The lowest BCUT2D eigenvalue weighted by molar-refractivity contribution is -0.0721. The van der Waals surface area contributed by atoms with Crippen molar-refractivity contribution in [3.63, 3.8) is 0 Å². The third-order valence-electron chi connectivity index (χ3n) is 1.62. The molecule has 1 atom stereocenters. The Morgan fingerprint density at radius 2 is 2.17 bits per heavy atom. The first-order valence-electron chi connectivity index (χ1n) is 3.68. The van der Waals surface area contributed by atoms with E-state index >= 15 is 0 Å². The van der Waals surface area contributed by atoms with Crippen molar-refractivity contribution in [1.82, 2.24) is 0 Å². The summed E-state index contributed by atoms with van der Waals surface area (Å²) >= 11 is 3.39. The van der Waals surface area contributed by atoms with Crippen LogP contribution in [0.1, 0.15) is 5.56 Å². The van der Waals surface area contributed by atoms with Crippen LogP contribution in [-0.2, 0) is 11.2 Å². The van der Waals surface area contributed by atoms with E-state index in [4.69, 9.17) is 4.74 Å². The molecule has 0 spiro atoms. The molecule has 0 fully saturated rings. The van der Waals surface area contributed by atoms with Crippen molar-refractivity contribution in [2.75, 3.05) is 7.11 Å². The molecule has 0 heterocycles. The van der Waals surface area contributed by atoms with Crippen LogP contribution in [0.15, 0.2) is 28.7 Å². The summed E-state index contributed by atoms with van der Waals surface area (Å²) in [5.74, 6) is 0. The highest BCUT2D eigenvalue weighted by Crippen LogP contribution is 2.17. The van der Waals surface area contributed by atoms with E-state index in [0.717, 1.165) is 10.0 Å². The van der Waals surface area contributed by atoms with Gasteiger partial charge in [0.25, 0.3) is 0 Å². The van der Waals surface area contributed by atoms with Crippen LogP contribution in [0.3, 0.4) is 0 Å². The summed E-state index contributed by atoms with van der Waals surface area (Å²) in [6, 6.07) is 7.76. The molecule has 1 unspecified atom stereocenters. The van der Waals surface area contributed by atoms with Gasteiger partial charge in [-0.1, -0.05) is 34.1 Å². The Bertz CT molecular complexity index is 250. The van der Waals surface area contributed by atoms with Crippen molar-refractivity contribution in [3.8, 4) is 0 Å². The summed E-state index contributed by atoms with van der Waals surface area (Å²) < 4.78 is 5.74. The fourth-order valence-electron chi connectivity index (χ4n) is 0.935. The third kappa shape index (κ3) is 2.59. The number of aliphatic hydroxyl groups excluding tert-OH is 1. The van der Waals surface area contributed by atoms with E-state index < -0.39 is 6.29 Å². The molecular formula is C9H11BrO2. The van der Waals surface area contributed by atoms with Gasteiger partial charge in [0.2, 0.25) is 0 Å². The highest BCUT2D eigenvalue weighted by atomic mass is 79.9. The van der Waals surface area contributed by atoms with Gasteiger partial charge in [0, 0.05) is 18.0 Å². The molecule has 0 bridgehead atoms. The van der Waals surface area contributed by atoms with E-state index in [9.17, 15) is 5.11 Å². The lowest BCUT2D eigenvalue weighted by atomic mass is 10.1. The van der Waals surface area contributed by atoms with Gasteiger partial charge in [-0.15, -0.1) is 0 Å². The molecule has 66 valence electrons. The van der Waals surface area contributed by atoms with Crippen LogP contribution < -0.4 is 0 Å². The van der Waals surface area contributed by atoms with Crippen LogP contribution in [0.2, 0.25) is 0 Å². The quantitative estimate of drug-likeness (QED) is 0.805. The molecule has 2 nitrogen and oxygen atoms in total. The molecule has 1 aromatic carbocycles. The standard InChI is InChI=1S/C9H11BrO2/c1-12-9(11)6-7-4-2-3-5-8(7)10/h2-5,9,11H,6H2,1H3. The Hall–Kier alpha value is -0.380. The highest BCUT2D eigenvalue weighted by molar-refractivity contribution is 9.10. The SMILES string of the molecule is COC(O)Cc1ccccc1Br. The first-order chi connectivity index (χ1) is 5.74. The molecule has 3 heteroatoms. The third-order valence-corrected chi connectivity index (χ3v) is 2.40. The smallest absolute Gasteiger partial charge is 0.158 e. The average Bonchev–Trinajstić information content (AvgIpc) is 2.09. The summed E-state index contributed by atoms with van der Waals surface area (Å²) in [4.78, 5) is 0. The fraction of sp³-hybridized carbons (Fsp3) is 0.333. The van der Waals surface area contributed by atoms with Crippen LogP contribution in [0.5, 0.6) is 0 Å². The number of hydrogen-bond donors (Lipinski definition) is 1. The molecule has 1 N–H and O–H groups in total. The molecule has 0 saturated carbocycles. The second-order valence-electron chi connectivity index (χ2n) is 2.49. The van der Waals surface area contributed by atoms with Gasteiger partial charge in [-0.25, -0.2) is 0 Å². The van der Waals surface area contributed by atoms with Gasteiger partial charge in [0.05, 0.1) is 0 Å². The largest absolute Gasteiger partial charge is 0.368 e. The highest BCUT2D eigenvalue weighted by Gasteiger charge is 2.05. The van der Waals surface area contributed by atoms with Crippen molar-refractivity contribution in [2.45, 2.75) is 12.7 Å². The van der Waals surface area contributed by atoms with Gasteiger partial charge in [0.1, 0.15) is 0 Å². The number of hydrogen-bond acceptors (Lipinski definition) is 2. The summed E-state index contributed by atoms with van der Waals surface area (Å²) in [5, 5.41) is 9.19. The summed E-state index contributed by atoms with van der Waals surface area (Å²) in [6.45, 7) is 0. The number of halogens is 1. The maximum Gasteiger partial charge on any atom is 0.158 e. The zero-order valence-corrected chi connectivity index (χ0v) is 8.41. The van der Waals surface area contributed by atoms with Gasteiger partial charge >= 0.3 is 0 Å². The fourth-order valence-corrected chi connectivity index (χ4v) is 1.38. The predicted molar refractivity (Wildman–Crippen MR) is 50.9 cm³/mol. The van der Waals surface area contributed by atoms with Gasteiger partial charge < -0.3 is 9.84 Å². The Kier molecular flexibility index (Phi) is 3.72. The summed E-state index contributed by atoms with van der Waals surface area (Å²) in [7, 11) is 1.49. The Morgan fingerprint density at radius 3 is 2.75 bits per heavy atom. The van der Waals surface area contributed by atoms with Crippen molar-refractivity contribution >= 4 is 15.9 Å². The Balaban J connectivity index is 2.69. The first-order valence-corrected chi connectivity index (χ1v) is 4.47. The minimum atomic E-state index is -0.719. The zero-order valence-electron chi connectivity index (χ0n) is 6.83. The van der Waals surface area contributed by atoms with E-state index in [1.165, 1.54) is 7.11 Å². The minimum absolute atomic E-state index is 0.512. The molecule has 0 aliphatic carbocycles. The molecule has 0 radical (unpaired) electrons. The number of methoxy groups -OCH3 is 1. The average molecular weight is 231 g/mol. The van der Waals surface area contributed by atoms with Gasteiger partial charge in [-0.05, 0) is 11.6 Å². The number of benzene rings is 1. The Morgan fingerprint density at radius 1 is 1.50 bits per heavy atom. The Labute approximate surface area is 80.3 Å². The van der Waals surface area contributed by atoms with Gasteiger partial charge in [0.15, 0.2) is 6.29 Å². The van der Waals surface area contributed by atoms with E-state index in [2.05, 4.69) is 15.9 Å². The topological polar surface area (TPSA) is 29.5 Å². The van der Waals surface area contributed by atoms with Crippen molar-refractivity contribution in [3.05, 3.63) is 34.3 Å². The molecule has 0 aromatic heterocycles. The number of rotatable bonds is 3. The molecule has 0 aliphatic heterocycles. The molecular weight excluding hydrogens is 220 g/mol. The van der Waals surface area contributed by atoms with Crippen LogP contribution in [0, 0.1) is 0 Å². The molecule has 1 rings (SSSR count). The van der Waals surface area contributed by atoms with Crippen LogP contribution in [0.25, 0.3) is 0 Å².